The van der Waals surface area contributed by atoms with E-state index in [-0.39, 0.29) is 18.6 Å². The summed E-state index contributed by atoms with van der Waals surface area (Å²) in [6.07, 6.45) is 7.03. The molecule has 0 saturated heterocycles. The van der Waals surface area contributed by atoms with Gasteiger partial charge in [-0.25, -0.2) is 4.98 Å². The van der Waals surface area contributed by atoms with Crippen molar-refractivity contribution in [1.29, 1.82) is 0 Å². The molecule has 0 saturated carbocycles. The molecule has 0 spiro atoms. The van der Waals surface area contributed by atoms with Crippen LogP contribution in [0.3, 0.4) is 0 Å². The molecule has 5 rings (SSSR count). The van der Waals surface area contributed by atoms with Gasteiger partial charge in [0.1, 0.15) is 12.4 Å². The number of carbonyl (C=O) groups is 1. The fourth-order valence-electron chi connectivity index (χ4n) is 5.29. The molecule has 1 atom stereocenters. The highest BCUT2D eigenvalue weighted by atomic mass is 16.5. The van der Waals surface area contributed by atoms with Crippen molar-refractivity contribution in [3.63, 3.8) is 0 Å². The molecule has 7 nitrogen and oxygen atoms in total. The maximum atomic E-state index is 11.4. The minimum absolute atomic E-state index is 0.197. The SMILES string of the molecule is C=CCNCc1cc(COC(C)=O)ccc1CN(Cc1nc2ccccc2[nH]1)C1CCCc2cccnc21. The topological polar surface area (TPSA) is 83.1 Å². The summed E-state index contributed by atoms with van der Waals surface area (Å²) in [5.41, 5.74) is 7.93. The Bertz CT molecular complexity index is 1380. The van der Waals surface area contributed by atoms with Gasteiger partial charge in [0.05, 0.1) is 29.3 Å². The Morgan fingerprint density at radius 1 is 1.18 bits per heavy atom. The highest BCUT2D eigenvalue weighted by Crippen LogP contribution is 2.35. The number of hydrogen-bond acceptors (Lipinski definition) is 6. The van der Waals surface area contributed by atoms with E-state index in [4.69, 9.17) is 14.7 Å². The molecule has 7 heteroatoms. The van der Waals surface area contributed by atoms with E-state index in [1.54, 1.807) is 0 Å². The molecule has 2 N–H and O–H groups in total. The summed E-state index contributed by atoms with van der Waals surface area (Å²) >= 11 is 0. The number of H-pyrrole nitrogens is 1. The molecular formula is C31H35N5O2. The number of fused-ring (bicyclic) bond motifs is 2. The van der Waals surface area contributed by atoms with Crippen LogP contribution >= 0.6 is 0 Å². The highest BCUT2D eigenvalue weighted by molar-refractivity contribution is 5.74. The van der Waals surface area contributed by atoms with Gasteiger partial charge in [-0.15, -0.1) is 6.58 Å². The first-order valence-corrected chi connectivity index (χ1v) is 13.3. The molecule has 2 heterocycles. The van der Waals surface area contributed by atoms with Crippen LogP contribution in [0.15, 0.2) is 73.4 Å². The molecule has 0 bridgehead atoms. The van der Waals surface area contributed by atoms with E-state index in [0.29, 0.717) is 13.1 Å². The lowest BCUT2D eigenvalue weighted by atomic mass is 9.90. The summed E-state index contributed by atoms with van der Waals surface area (Å²) in [7, 11) is 0. The van der Waals surface area contributed by atoms with Crippen LogP contribution in [-0.4, -0.2) is 32.4 Å². The predicted molar refractivity (Wildman–Crippen MR) is 149 cm³/mol. The lowest BCUT2D eigenvalue weighted by Crippen LogP contribution is -2.32. The number of hydrogen-bond donors (Lipinski definition) is 2. The van der Waals surface area contributed by atoms with Crippen LogP contribution in [0.5, 0.6) is 0 Å². The second-order valence-corrected chi connectivity index (χ2v) is 9.86. The number of nitrogens with zero attached hydrogens (tertiary/aromatic N) is 3. The van der Waals surface area contributed by atoms with E-state index < -0.39 is 0 Å². The van der Waals surface area contributed by atoms with Crippen molar-refractivity contribution in [2.24, 2.45) is 0 Å². The zero-order valence-corrected chi connectivity index (χ0v) is 22.0. The monoisotopic (exact) mass is 509 g/mol. The summed E-state index contributed by atoms with van der Waals surface area (Å²) in [6.45, 7) is 8.39. The number of aryl methyl sites for hydroxylation is 1. The Balaban J connectivity index is 1.48. The van der Waals surface area contributed by atoms with Crippen LogP contribution < -0.4 is 5.32 Å². The molecule has 0 amide bonds. The second-order valence-electron chi connectivity index (χ2n) is 9.86. The number of para-hydroxylation sites is 2. The largest absolute Gasteiger partial charge is 0.461 e. The molecule has 0 aliphatic heterocycles. The number of aromatic nitrogens is 3. The molecule has 4 aromatic rings. The number of carbonyl (C=O) groups excluding carboxylic acids is 1. The van der Waals surface area contributed by atoms with Crippen molar-refractivity contribution >= 4 is 17.0 Å². The minimum Gasteiger partial charge on any atom is -0.461 e. The normalized spacial score (nSPS) is 14.9. The summed E-state index contributed by atoms with van der Waals surface area (Å²) in [4.78, 5) is 27.1. The van der Waals surface area contributed by atoms with Gasteiger partial charge in [0, 0.05) is 32.8 Å². The first-order chi connectivity index (χ1) is 18.6. The Hall–Kier alpha value is -3.81. The summed E-state index contributed by atoms with van der Waals surface area (Å²) in [5, 5.41) is 3.44. The minimum atomic E-state index is -0.277. The number of ether oxygens (including phenoxy) is 1. The standard InChI is InChI=1S/C31H35N5O2/c1-3-15-32-18-26-17-23(21-38-22(2)37)13-14-25(26)19-36(20-30-34-27-10-4-5-11-28(27)35-30)29-12-6-8-24-9-7-16-33-31(24)29/h3-5,7,9-11,13-14,16-17,29,32H,1,6,8,12,15,18-21H2,2H3,(H,34,35). The maximum Gasteiger partial charge on any atom is 0.302 e. The Morgan fingerprint density at radius 2 is 2.08 bits per heavy atom. The molecule has 1 unspecified atom stereocenters. The molecule has 0 fully saturated rings. The van der Waals surface area contributed by atoms with Crippen LogP contribution in [0, 0.1) is 0 Å². The third-order valence-corrected chi connectivity index (χ3v) is 7.09. The van der Waals surface area contributed by atoms with Gasteiger partial charge in [-0.05, 0) is 59.7 Å². The average molecular weight is 510 g/mol. The smallest absolute Gasteiger partial charge is 0.302 e. The van der Waals surface area contributed by atoms with Crippen molar-refractivity contribution < 1.29 is 9.53 Å². The van der Waals surface area contributed by atoms with Crippen LogP contribution in [-0.2, 0) is 42.2 Å². The fourth-order valence-corrected chi connectivity index (χ4v) is 5.29. The molecule has 196 valence electrons. The van der Waals surface area contributed by atoms with Crippen molar-refractivity contribution in [3.8, 4) is 0 Å². The second kappa shape index (κ2) is 12.2. The van der Waals surface area contributed by atoms with Gasteiger partial charge in [0.2, 0.25) is 0 Å². The lowest BCUT2D eigenvalue weighted by Gasteiger charge is -2.35. The lowest BCUT2D eigenvalue weighted by molar-refractivity contribution is -0.142. The number of aromatic amines is 1. The van der Waals surface area contributed by atoms with E-state index in [9.17, 15) is 4.79 Å². The molecule has 2 aromatic heterocycles. The van der Waals surface area contributed by atoms with Crippen LogP contribution in [0.25, 0.3) is 11.0 Å². The molecule has 0 radical (unpaired) electrons. The summed E-state index contributed by atoms with van der Waals surface area (Å²) in [6, 6.07) is 19.0. The van der Waals surface area contributed by atoms with Crippen LogP contribution in [0.4, 0.5) is 0 Å². The van der Waals surface area contributed by atoms with Crippen molar-refractivity contribution in [3.05, 3.63) is 107 Å². The van der Waals surface area contributed by atoms with Crippen molar-refractivity contribution in [1.82, 2.24) is 25.2 Å². The van der Waals surface area contributed by atoms with Crippen LogP contribution in [0.2, 0.25) is 0 Å². The molecule has 1 aliphatic carbocycles. The number of benzene rings is 2. The van der Waals surface area contributed by atoms with Gasteiger partial charge in [-0.1, -0.05) is 42.5 Å². The fraction of sp³-hybridized carbons (Fsp3) is 0.323. The third kappa shape index (κ3) is 6.18. The third-order valence-electron chi connectivity index (χ3n) is 7.09. The average Bonchev–Trinajstić information content (AvgIpc) is 3.35. The van der Waals surface area contributed by atoms with Crippen molar-refractivity contribution in [2.45, 2.75) is 58.5 Å². The molecule has 2 aromatic carbocycles. The number of esters is 1. The van der Waals surface area contributed by atoms with Crippen LogP contribution in [0.1, 0.15) is 59.6 Å². The number of imidazole rings is 1. The van der Waals surface area contributed by atoms with Crippen molar-refractivity contribution in [2.75, 3.05) is 6.54 Å². The first kappa shape index (κ1) is 25.8. The highest BCUT2D eigenvalue weighted by Gasteiger charge is 2.28. The van der Waals surface area contributed by atoms with Gasteiger partial charge in [0.25, 0.3) is 0 Å². The quantitative estimate of drug-likeness (QED) is 0.161. The van der Waals surface area contributed by atoms with Gasteiger partial charge < -0.3 is 15.0 Å². The van der Waals surface area contributed by atoms with E-state index in [2.05, 4.69) is 52.1 Å². The Morgan fingerprint density at radius 3 is 2.92 bits per heavy atom. The van der Waals surface area contributed by atoms with E-state index in [1.165, 1.54) is 29.3 Å². The Kier molecular flexibility index (Phi) is 8.26. The molecule has 1 aliphatic rings. The summed E-state index contributed by atoms with van der Waals surface area (Å²) in [5.74, 6) is 0.674. The zero-order valence-electron chi connectivity index (χ0n) is 22.0. The van der Waals surface area contributed by atoms with Gasteiger partial charge in [-0.3, -0.25) is 14.7 Å². The Labute approximate surface area is 224 Å². The molecular weight excluding hydrogens is 474 g/mol. The van der Waals surface area contributed by atoms with E-state index in [1.807, 2.05) is 36.5 Å². The number of nitrogens with one attached hydrogen (secondary N) is 2. The van der Waals surface area contributed by atoms with Gasteiger partial charge in [-0.2, -0.15) is 0 Å². The maximum absolute atomic E-state index is 11.4. The number of pyridine rings is 1. The predicted octanol–water partition coefficient (Wildman–Crippen LogP) is 5.38. The van der Waals surface area contributed by atoms with Gasteiger partial charge in [0.15, 0.2) is 0 Å². The van der Waals surface area contributed by atoms with E-state index >= 15 is 0 Å². The number of rotatable bonds is 11. The first-order valence-electron chi connectivity index (χ1n) is 13.3. The zero-order chi connectivity index (χ0) is 26.3. The molecule has 38 heavy (non-hydrogen) atoms. The summed E-state index contributed by atoms with van der Waals surface area (Å²) < 4.78 is 5.26. The van der Waals surface area contributed by atoms with E-state index in [0.717, 1.165) is 54.8 Å². The van der Waals surface area contributed by atoms with Gasteiger partial charge >= 0.3 is 5.97 Å².